The number of carbonyl (C=O) groups excluding carboxylic acids is 1. The third-order valence-corrected chi connectivity index (χ3v) is 2.56. The van der Waals surface area contributed by atoms with Gasteiger partial charge in [0.05, 0.1) is 20.6 Å². The van der Waals surface area contributed by atoms with E-state index in [2.05, 4.69) is 5.43 Å². The normalized spacial score (nSPS) is 10.3. The Bertz CT molecular complexity index is 430. The van der Waals surface area contributed by atoms with Crippen molar-refractivity contribution in [1.82, 2.24) is 10.4 Å². The van der Waals surface area contributed by atoms with E-state index in [0.717, 1.165) is 16.9 Å². The molecule has 0 unspecified atom stereocenters. The summed E-state index contributed by atoms with van der Waals surface area (Å²) < 4.78 is 10.6. The molecule has 18 heavy (non-hydrogen) atoms. The van der Waals surface area contributed by atoms with Gasteiger partial charge in [0.1, 0.15) is 11.5 Å². The van der Waals surface area contributed by atoms with Gasteiger partial charge in [0, 0.05) is 25.2 Å². The minimum atomic E-state index is -0.0807. The van der Waals surface area contributed by atoms with Crippen LogP contribution in [0, 0.1) is 6.92 Å². The first kappa shape index (κ1) is 14.3. The fourth-order valence-corrected chi connectivity index (χ4v) is 1.84. The first-order valence-corrected chi connectivity index (χ1v) is 5.66. The van der Waals surface area contributed by atoms with Gasteiger partial charge in [-0.15, -0.1) is 0 Å². The minimum absolute atomic E-state index is 0.0807. The maximum Gasteiger partial charge on any atom is 0.238 e. The molecule has 0 heterocycles. The summed E-state index contributed by atoms with van der Waals surface area (Å²) >= 11 is 0. The Hall–Kier alpha value is -1.75. The maximum absolute atomic E-state index is 11.7. The third-order valence-electron chi connectivity index (χ3n) is 2.56. The Balaban J connectivity index is 2.96. The number of rotatable bonds is 5. The van der Waals surface area contributed by atoms with E-state index in [1.54, 1.807) is 33.3 Å². The van der Waals surface area contributed by atoms with Gasteiger partial charge in [0.25, 0.3) is 0 Å². The molecule has 0 aromatic heterocycles. The smallest absolute Gasteiger partial charge is 0.238 e. The lowest BCUT2D eigenvalue weighted by Crippen LogP contribution is -2.37. The van der Waals surface area contributed by atoms with Gasteiger partial charge < -0.3 is 9.47 Å². The molecule has 5 heteroatoms. The quantitative estimate of drug-likeness (QED) is 0.799. The molecule has 0 atom stereocenters. The van der Waals surface area contributed by atoms with Crippen molar-refractivity contribution in [3.05, 3.63) is 23.3 Å². The molecule has 1 N–H and O–H groups in total. The van der Waals surface area contributed by atoms with E-state index in [1.807, 2.05) is 19.1 Å². The van der Waals surface area contributed by atoms with Gasteiger partial charge in [-0.1, -0.05) is 6.07 Å². The van der Waals surface area contributed by atoms with Crippen molar-refractivity contribution in [3.8, 4) is 11.5 Å². The van der Waals surface area contributed by atoms with Gasteiger partial charge in [0.15, 0.2) is 0 Å². The van der Waals surface area contributed by atoms with E-state index >= 15 is 0 Å². The van der Waals surface area contributed by atoms with Crippen molar-refractivity contribution in [3.63, 3.8) is 0 Å². The lowest BCUT2D eigenvalue weighted by Gasteiger charge is -2.16. The number of benzene rings is 1. The minimum Gasteiger partial charge on any atom is -0.496 e. The van der Waals surface area contributed by atoms with Crippen molar-refractivity contribution in [2.24, 2.45) is 0 Å². The van der Waals surface area contributed by atoms with Crippen LogP contribution in [-0.4, -0.2) is 39.2 Å². The highest BCUT2D eigenvalue weighted by molar-refractivity contribution is 5.79. The molecule has 0 fully saturated rings. The number of hydrazine groups is 1. The van der Waals surface area contributed by atoms with E-state index in [4.69, 9.17) is 9.47 Å². The predicted octanol–water partition coefficient (Wildman–Crippen LogP) is 1.15. The SMILES string of the molecule is COc1ccc(CC(=O)NN(C)C)c(OC)c1C. The molecule has 0 spiro atoms. The van der Waals surface area contributed by atoms with Crippen molar-refractivity contribution in [2.45, 2.75) is 13.3 Å². The molecule has 0 bridgehead atoms. The zero-order chi connectivity index (χ0) is 13.7. The first-order valence-electron chi connectivity index (χ1n) is 5.66. The average molecular weight is 252 g/mol. The molecular formula is C13H20N2O3. The Morgan fingerprint density at radius 1 is 1.28 bits per heavy atom. The van der Waals surface area contributed by atoms with E-state index in [1.165, 1.54) is 0 Å². The van der Waals surface area contributed by atoms with Crippen LogP contribution in [0.25, 0.3) is 0 Å². The molecule has 1 amide bonds. The number of hydrogen-bond acceptors (Lipinski definition) is 4. The molecule has 0 aliphatic heterocycles. The molecule has 5 nitrogen and oxygen atoms in total. The summed E-state index contributed by atoms with van der Waals surface area (Å²) in [6.45, 7) is 1.91. The second-order valence-electron chi connectivity index (χ2n) is 4.19. The number of hydrogen-bond donors (Lipinski definition) is 1. The van der Waals surface area contributed by atoms with Gasteiger partial charge in [-0.2, -0.15) is 0 Å². The number of carbonyl (C=O) groups is 1. The van der Waals surface area contributed by atoms with Gasteiger partial charge in [0.2, 0.25) is 5.91 Å². The zero-order valence-corrected chi connectivity index (χ0v) is 11.5. The molecule has 0 saturated carbocycles. The van der Waals surface area contributed by atoms with E-state index in [-0.39, 0.29) is 12.3 Å². The predicted molar refractivity (Wildman–Crippen MR) is 69.8 cm³/mol. The molecular weight excluding hydrogens is 232 g/mol. The molecule has 0 aliphatic rings. The number of nitrogens with one attached hydrogen (secondary N) is 1. The standard InChI is InChI=1S/C13H20N2O3/c1-9-11(17-4)7-6-10(13(9)18-5)8-12(16)14-15(2)3/h6-7H,8H2,1-5H3,(H,14,16). The van der Waals surface area contributed by atoms with E-state index in [9.17, 15) is 4.79 Å². The molecule has 100 valence electrons. The highest BCUT2D eigenvalue weighted by atomic mass is 16.5. The van der Waals surface area contributed by atoms with Crippen LogP contribution in [0.3, 0.4) is 0 Å². The van der Waals surface area contributed by atoms with Crippen LogP contribution < -0.4 is 14.9 Å². The van der Waals surface area contributed by atoms with Gasteiger partial charge in [-0.3, -0.25) is 10.2 Å². The highest BCUT2D eigenvalue weighted by Gasteiger charge is 2.14. The van der Waals surface area contributed by atoms with Gasteiger partial charge in [-0.25, -0.2) is 5.01 Å². The fraction of sp³-hybridized carbons (Fsp3) is 0.462. The summed E-state index contributed by atoms with van der Waals surface area (Å²) in [5.74, 6) is 1.37. The van der Waals surface area contributed by atoms with Crippen LogP contribution >= 0.6 is 0 Å². The summed E-state index contributed by atoms with van der Waals surface area (Å²) in [5, 5.41) is 1.62. The van der Waals surface area contributed by atoms with Crippen molar-refractivity contribution < 1.29 is 14.3 Å². The second kappa shape index (κ2) is 6.26. The topological polar surface area (TPSA) is 50.8 Å². The molecule has 0 aliphatic carbocycles. The van der Waals surface area contributed by atoms with Crippen molar-refractivity contribution in [1.29, 1.82) is 0 Å². The summed E-state index contributed by atoms with van der Waals surface area (Å²) in [6.07, 6.45) is 0.270. The summed E-state index contributed by atoms with van der Waals surface area (Å²) in [7, 11) is 6.75. The van der Waals surface area contributed by atoms with Crippen LogP contribution in [0.15, 0.2) is 12.1 Å². The van der Waals surface area contributed by atoms with Crippen LogP contribution in [0.2, 0.25) is 0 Å². The van der Waals surface area contributed by atoms with Gasteiger partial charge in [-0.05, 0) is 13.0 Å². The van der Waals surface area contributed by atoms with E-state index in [0.29, 0.717) is 5.75 Å². The second-order valence-corrected chi connectivity index (χ2v) is 4.19. The van der Waals surface area contributed by atoms with Crippen LogP contribution in [0.4, 0.5) is 0 Å². The van der Waals surface area contributed by atoms with Crippen molar-refractivity contribution in [2.75, 3.05) is 28.3 Å². The molecule has 1 rings (SSSR count). The van der Waals surface area contributed by atoms with Gasteiger partial charge >= 0.3 is 0 Å². The molecule has 1 aromatic carbocycles. The number of ether oxygens (including phenoxy) is 2. The first-order chi connectivity index (χ1) is 8.49. The third kappa shape index (κ3) is 3.37. The fourth-order valence-electron chi connectivity index (χ4n) is 1.84. The Labute approximate surface area is 108 Å². The lowest BCUT2D eigenvalue weighted by atomic mass is 10.1. The van der Waals surface area contributed by atoms with Crippen LogP contribution in [0.1, 0.15) is 11.1 Å². The average Bonchev–Trinajstić information content (AvgIpc) is 2.28. The molecule has 1 aromatic rings. The highest BCUT2D eigenvalue weighted by Crippen LogP contribution is 2.31. The largest absolute Gasteiger partial charge is 0.496 e. The summed E-state index contributed by atoms with van der Waals surface area (Å²) in [5.41, 5.74) is 4.44. The Morgan fingerprint density at radius 2 is 1.94 bits per heavy atom. The zero-order valence-electron chi connectivity index (χ0n) is 11.5. The monoisotopic (exact) mass is 252 g/mol. The lowest BCUT2D eigenvalue weighted by molar-refractivity contribution is -0.124. The van der Waals surface area contributed by atoms with E-state index < -0.39 is 0 Å². The molecule has 0 saturated heterocycles. The Morgan fingerprint density at radius 3 is 2.44 bits per heavy atom. The molecule has 0 radical (unpaired) electrons. The number of methoxy groups -OCH3 is 2. The number of nitrogens with zero attached hydrogens (tertiary/aromatic N) is 1. The van der Waals surface area contributed by atoms with Crippen molar-refractivity contribution >= 4 is 5.91 Å². The van der Waals surface area contributed by atoms with Crippen LogP contribution in [-0.2, 0) is 11.2 Å². The summed E-state index contributed by atoms with van der Waals surface area (Å²) in [6, 6.07) is 3.69. The maximum atomic E-state index is 11.7. The summed E-state index contributed by atoms with van der Waals surface area (Å²) in [4.78, 5) is 11.7. The Kier molecular flexibility index (Phi) is 4.97. The van der Waals surface area contributed by atoms with Crippen LogP contribution in [0.5, 0.6) is 11.5 Å². The number of amides is 1.